The molecule has 0 aliphatic carbocycles. The van der Waals surface area contributed by atoms with Crippen molar-refractivity contribution in [2.24, 2.45) is 0 Å². The Morgan fingerprint density at radius 2 is 2.32 bits per heavy atom. The van der Waals surface area contributed by atoms with Crippen LogP contribution in [0.4, 0.5) is 0 Å². The maximum Gasteiger partial charge on any atom is 0.239 e. The Hall–Kier alpha value is -1.40. The van der Waals surface area contributed by atoms with Gasteiger partial charge >= 0.3 is 0 Å². The van der Waals surface area contributed by atoms with Gasteiger partial charge in [0.15, 0.2) is 0 Å². The van der Waals surface area contributed by atoms with Crippen molar-refractivity contribution >= 4 is 27.7 Å². The molecule has 0 aromatic heterocycles. The zero-order valence-corrected chi connectivity index (χ0v) is 12.2. The lowest BCUT2D eigenvalue weighted by molar-refractivity contribution is -0.127. The van der Waals surface area contributed by atoms with Crippen LogP contribution in [0.15, 0.2) is 28.7 Å². The Morgan fingerprint density at radius 1 is 1.53 bits per heavy atom. The van der Waals surface area contributed by atoms with Crippen LogP contribution in [-0.4, -0.2) is 30.9 Å². The summed E-state index contributed by atoms with van der Waals surface area (Å²) in [6.45, 7) is 2.44. The summed E-state index contributed by atoms with van der Waals surface area (Å²) < 4.78 is 0.981. The lowest BCUT2D eigenvalue weighted by Gasteiger charge is -2.25. The van der Waals surface area contributed by atoms with Gasteiger partial charge in [-0.1, -0.05) is 28.1 Å². The summed E-state index contributed by atoms with van der Waals surface area (Å²) in [6, 6.07) is 7.36. The van der Waals surface area contributed by atoms with E-state index in [-0.39, 0.29) is 30.4 Å². The molecular formula is C13H16BrN3O2. The predicted octanol–water partition coefficient (Wildman–Crippen LogP) is 0.714. The van der Waals surface area contributed by atoms with E-state index in [0.717, 1.165) is 10.0 Å². The second kappa shape index (κ2) is 6.16. The van der Waals surface area contributed by atoms with Gasteiger partial charge in [0.05, 0.1) is 12.6 Å². The normalized spacial score (nSPS) is 20.5. The zero-order chi connectivity index (χ0) is 13.8. The summed E-state index contributed by atoms with van der Waals surface area (Å²) in [7, 11) is 0. The summed E-state index contributed by atoms with van der Waals surface area (Å²) in [4.78, 5) is 23.0. The number of carbonyl (C=O) groups excluding carboxylic acids is 2. The van der Waals surface area contributed by atoms with E-state index in [4.69, 9.17) is 0 Å². The molecule has 0 radical (unpaired) electrons. The molecule has 0 saturated carbocycles. The van der Waals surface area contributed by atoms with E-state index >= 15 is 0 Å². The summed E-state index contributed by atoms with van der Waals surface area (Å²) in [6.07, 6.45) is 0. The van der Waals surface area contributed by atoms with Crippen LogP contribution < -0.4 is 16.0 Å². The Labute approximate surface area is 120 Å². The van der Waals surface area contributed by atoms with Gasteiger partial charge in [0.1, 0.15) is 6.04 Å². The molecule has 1 fully saturated rings. The van der Waals surface area contributed by atoms with Gasteiger partial charge in [0.2, 0.25) is 11.8 Å². The van der Waals surface area contributed by atoms with Crippen LogP contribution in [0.3, 0.4) is 0 Å². The summed E-state index contributed by atoms with van der Waals surface area (Å²) >= 11 is 3.41. The molecule has 0 bridgehead atoms. The van der Waals surface area contributed by atoms with E-state index < -0.39 is 0 Å². The number of rotatable bonds is 3. The van der Waals surface area contributed by atoms with Crippen LogP contribution in [0, 0.1) is 0 Å². The van der Waals surface area contributed by atoms with E-state index in [0.29, 0.717) is 6.54 Å². The Balaban J connectivity index is 1.93. The van der Waals surface area contributed by atoms with Gasteiger partial charge < -0.3 is 10.6 Å². The fourth-order valence-corrected chi connectivity index (χ4v) is 2.34. The van der Waals surface area contributed by atoms with Gasteiger partial charge in [-0.2, -0.15) is 0 Å². The molecule has 1 aliphatic rings. The van der Waals surface area contributed by atoms with Crippen molar-refractivity contribution in [1.82, 2.24) is 16.0 Å². The van der Waals surface area contributed by atoms with Gasteiger partial charge in [-0.25, -0.2) is 0 Å². The van der Waals surface area contributed by atoms with Crippen molar-refractivity contribution in [3.8, 4) is 0 Å². The van der Waals surface area contributed by atoms with Gasteiger partial charge in [-0.15, -0.1) is 0 Å². The number of amides is 2. The molecule has 2 amide bonds. The molecule has 1 aromatic carbocycles. The number of carbonyl (C=O) groups is 2. The molecule has 5 nitrogen and oxygen atoms in total. The SMILES string of the molecule is C[C@H](NC(=O)C1CNC(=O)CN1)c1cccc(Br)c1. The average Bonchev–Trinajstić information content (AvgIpc) is 2.39. The molecule has 19 heavy (non-hydrogen) atoms. The molecule has 1 saturated heterocycles. The maximum absolute atomic E-state index is 12.0. The lowest BCUT2D eigenvalue weighted by atomic mass is 10.1. The standard InChI is InChI=1S/C13H16BrN3O2/c1-8(9-3-2-4-10(14)5-9)17-13(19)11-6-16-12(18)7-15-11/h2-5,8,11,15H,6-7H2,1H3,(H,16,18)(H,17,19)/t8-,11?/m0/s1. The molecule has 1 aromatic rings. The van der Waals surface area contributed by atoms with Crippen LogP contribution >= 0.6 is 15.9 Å². The Kier molecular flexibility index (Phi) is 4.55. The number of hydrogen-bond donors (Lipinski definition) is 3. The fraction of sp³-hybridized carbons (Fsp3) is 0.385. The first kappa shape index (κ1) is 14.0. The van der Waals surface area contributed by atoms with E-state index in [9.17, 15) is 9.59 Å². The third kappa shape index (κ3) is 3.78. The van der Waals surface area contributed by atoms with Crippen LogP contribution in [0.1, 0.15) is 18.5 Å². The van der Waals surface area contributed by atoms with Crippen molar-refractivity contribution in [2.75, 3.05) is 13.1 Å². The first-order valence-corrected chi connectivity index (χ1v) is 6.91. The Morgan fingerprint density at radius 3 is 2.95 bits per heavy atom. The van der Waals surface area contributed by atoms with E-state index in [1.165, 1.54) is 0 Å². The third-order valence-electron chi connectivity index (χ3n) is 3.04. The highest BCUT2D eigenvalue weighted by Gasteiger charge is 2.24. The quantitative estimate of drug-likeness (QED) is 0.766. The monoisotopic (exact) mass is 325 g/mol. The predicted molar refractivity (Wildman–Crippen MR) is 75.5 cm³/mol. The number of nitrogens with one attached hydrogen (secondary N) is 3. The summed E-state index contributed by atoms with van der Waals surface area (Å²) in [5.74, 6) is -0.184. The second-order valence-corrected chi connectivity index (χ2v) is 5.44. The third-order valence-corrected chi connectivity index (χ3v) is 3.53. The van der Waals surface area contributed by atoms with Gasteiger partial charge in [-0.3, -0.25) is 14.9 Å². The molecular weight excluding hydrogens is 310 g/mol. The lowest BCUT2D eigenvalue weighted by Crippen LogP contribution is -2.58. The number of piperazine rings is 1. The van der Waals surface area contributed by atoms with Crippen LogP contribution in [0.25, 0.3) is 0 Å². The average molecular weight is 326 g/mol. The summed E-state index contributed by atoms with van der Waals surface area (Å²) in [5, 5.41) is 8.50. The van der Waals surface area contributed by atoms with Crippen molar-refractivity contribution in [3.05, 3.63) is 34.3 Å². The Bertz CT molecular complexity index is 483. The van der Waals surface area contributed by atoms with Gasteiger partial charge in [0.25, 0.3) is 0 Å². The first-order chi connectivity index (χ1) is 9.06. The maximum atomic E-state index is 12.0. The minimum Gasteiger partial charge on any atom is -0.353 e. The molecule has 0 spiro atoms. The largest absolute Gasteiger partial charge is 0.353 e. The minimum absolute atomic E-state index is 0.0792. The number of halogens is 1. The molecule has 2 rings (SSSR count). The van der Waals surface area contributed by atoms with E-state index in [1.807, 2.05) is 31.2 Å². The van der Waals surface area contributed by atoms with E-state index in [1.54, 1.807) is 0 Å². The molecule has 1 heterocycles. The molecule has 102 valence electrons. The van der Waals surface area contributed by atoms with E-state index in [2.05, 4.69) is 31.9 Å². The number of benzene rings is 1. The van der Waals surface area contributed by atoms with Crippen LogP contribution in [0.5, 0.6) is 0 Å². The van der Waals surface area contributed by atoms with Gasteiger partial charge in [-0.05, 0) is 24.6 Å². The van der Waals surface area contributed by atoms with Crippen LogP contribution in [0.2, 0.25) is 0 Å². The minimum atomic E-state index is -0.368. The highest BCUT2D eigenvalue weighted by Crippen LogP contribution is 2.17. The first-order valence-electron chi connectivity index (χ1n) is 6.12. The molecule has 2 atom stereocenters. The fourth-order valence-electron chi connectivity index (χ4n) is 1.93. The highest BCUT2D eigenvalue weighted by atomic mass is 79.9. The second-order valence-electron chi connectivity index (χ2n) is 4.52. The van der Waals surface area contributed by atoms with Gasteiger partial charge in [0, 0.05) is 11.0 Å². The smallest absolute Gasteiger partial charge is 0.239 e. The molecule has 1 aliphatic heterocycles. The molecule has 6 heteroatoms. The molecule has 1 unspecified atom stereocenters. The van der Waals surface area contributed by atoms with Crippen LogP contribution in [-0.2, 0) is 9.59 Å². The van der Waals surface area contributed by atoms with Crippen molar-refractivity contribution in [2.45, 2.75) is 19.0 Å². The van der Waals surface area contributed by atoms with Crippen molar-refractivity contribution in [3.63, 3.8) is 0 Å². The van der Waals surface area contributed by atoms with Crippen molar-refractivity contribution in [1.29, 1.82) is 0 Å². The summed E-state index contributed by atoms with van der Waals surface area (Å²) in [5.41, 5.74) is 1.03. The number of hydrogen-bond acceptors (Lipinski definition) is 3. The highest BCUT2D eigenvalue weighted by molar-refractivity contribution is 9.10. The zero-order valence-electron chi connectivity index (χ0n) is 10.6. The topological polar surface area (TPSA) is 70.2 Å². The molecule has 3 N–H and O–H groups in total. The van der Waals surface area contributed by atoms with Crippen molar-refractivity contribution < 1.29 is 9.59 Å².